The predicted molar refractivity (Wildman–Crippen MR) is 90.2 cm³/mol. The Bertz CT molecular complexity index is 795. The first kappa shape index (κ1) is 14.7. The highest BCUT2D eigenvalue weighted by Crippen LogP contribution is 2.24. The van der Waals surface area contributed by atoms with Gasteiger partial charge in [0.1, 0.15) is 0 Å². The first-order chi connectivity index (χ1) is 10.6. The number of oxazole rings is 1. The van der Waals surface area contributed by atoms with Crippen molar-refractivity contribution in [3.05, 3.63) is 70.7 Å². The lowest BCUT2D eigenvalue weighted by Gasteiger charge is -2.06. The molecule has 1 N–H and O–H groups in total. The zero-order valence-electron chi connectivity index (χ0n) is 12.6. The molecule has 0 saturated heterocycles. The average Bonchev–Trinajstić information content (AvgIpc) is 2.97. The Morgan fingerprint density at radius 2 is 1.95 bits per heavy atom. The summed E-state index contributed by atoms with van der Waals surface area (Å²) in [5, 5.41) is 4.01. The zero-order valence-corrected chi connectivity index (χ0v) is 13.3. The van der Waals surface area contributed by atoms with Crippen LogP contribution >= 0.6 is 11.6 Å². The van der Waals surface area contributed by atoms with Crippen LogP contribution in [0, 0.1) is 13.8 Å². The summed E-state index contributed by atoms with van der Waals surface area (Å²) in [5.41, 5.74) is 4.53. The molecule has 3 aromatic rings. The Kier molecular flexibility index (Phi) is 4.16. The van der Waals surface area contributed by atoms with Gasteiger partial charge in [0, 0.05) is 16.3 Å². The minimum Gasteiger partial charge on any atom is -0.439 e. The van der Waals surface area contributed by atoms with Crippen molar-refractivity contribution in [1.29, 1.82) is 0 Å². The number of nitrogens with zero attached hydrogens (tertiary/aromatic N) is 1. The molecule has 0 unspecified atom stereocenters. The van der Waals surface area contributed by atoms with Crippen molar-refractivity contribution in [2.45, 2.75) is 20.4 Å². The third-order valence-corrected chi connectivity index (χ3v) is 3.85. The highest BCUT2D eigenvalue weighted by atomic mass is 35.5. The fourth-order valence-corrected chi connectivity index (χ4v) is 2.39. The third kappa shape index (κ3) is 3.31. The van der Waals surface area contributed by atoms with Crippen molar-refractivity contribution in [2.24, 2.45) is 0 Å². The first-order valence-electron chi connectivity index (χ1n) is 7.13. The van der Waals surface area contributed by atoms with E-state index in [1.807, 2.05) is 24.3 Å². The number of aryl methyl sites for hydroxylation is 2. The largest absolute Gasteiger partial charge is 0.439 e. The van der Waals surface area contributed by atoms with Crippen molar-refractivity contribution in [3.8, 4) is 11.3 Å². The van der Waals surface area contributed by atoms with Crippen molar-refractivity contribution >= 4 is 17.3 Å². The number of halogens is 1. The van der Waals surface area contributed by atoms with Gasteiger partial charge in [-0.25, -0.2) is 4.98 Å². The summed E-state index contributed by atoms with van der Waals surface area (Å²) in [7, 11) is 0. The summed E-state index contributed by atoms with van der Waals surface area (Å²) in [6.07, 6.45) is 1.73. The normalized spacial score (nSPS) is 10.7. The van der Waals surface area contributed by atoms with Gasteiger partial charge in [-0.15, -0.1) is 0 Å². The molecule has 0 bridgehead atoms. The summed E-state index contributed by atoms with van der Waals surface area (Å²) in [4.78, 5) is 4.31. The number of anilines is 1. The van der Waals surface area contributed by atoms with E-state index in [9.17, 15) is 0 Å². The molecule has 2 aromatic carbocycles. The van der Waals surface area contributed by atoms with E-state index in [0.29, 0.717) is 17.5 Å². The van der Waals surface area contributed by atoms with Gasteiger partial charge in [0.2, 0.25) is 5.89 Å². The van der Waals surface area contributed by atoms with E-state index < -0.39 is 0 Å². The number of rotatable bonds is 4. The van der Waals surface area contributed by atoms with Crippen LogP contribution in [-0.2, 0) is 6.54 Å². The Morgan fingerprint density at radius 1 is 1.09 bits per heavy atom. The highest BCUT2D eigenvalue weighted by Gasteiger charge is 2.07. The van der Waals surface area contributed by atoms with E-state index in [4.69, 9.17) is 16.0 Å². The molecule has 1 heterocycles. The van der Waals surface area contributed by atoms with E-state index in [1.54, 1.807) is 6.20 Å². The van der Waals surface area contributed by atoms with Gasteiger partial charge in [-0.05, 0) is 49.2 Å². The maximum atomic E-state index is 6.00. The Morgan fingerprint density at radius 3 is 2.73 bits per heavy atom. The second kappa shape index (κ2) is 6.24. The quantitative estimate of drug-likeness (QED) is 0.717. The van der Waals surface area contributed by atoms with Gasteiger partial charge in [-0.3, -0.25) is 0 Å². The summed E-state index contributed by atoms with van der Waals surface area (Å²) >= 11 is 6.00. The molecule has 1 aromatic heterocycles. The van der Waals surface area contributed by atoms with E-state index in [0.717, 1.165) is 17.0 Å². The molecule has 0 aliphatic carbocycles. The molecule has 0 atom stereocenters. The van der Waals surface area contributed by atoms with Crippen molar-refractivity contribution in [3.63, 3.8) is 0 Å². The van der Waals surface area contributed by atoms with Crippen LogP contribution < -0.4 is 5.32 Å². The molecular weight excluding hydrogens is 296 g/mol. The van der Waals surface area contributed by atoms with Crippen LogP contribution in [0.25, 0.3) is 11.3 Å². The fraction of sp³-hybridized carbons (Fsp3) is 0.167. The van der Waals surface area contributed by atoms with E-state index in [1.165, 1.54) is 11.1 Å². The molecule has 0 fully saturated rings. The highest BCUT2D eigenvalue weighted by molar-refractivity contribution is 6.30. The maximum absolute atomic E-state index is 6.00. The number of aromatic nitrogens is 1. The van der Waals surface area contributed by atoms with Crippen LogP contribution in [0.4, 0.5) is 5.69 Å². The molecule has 0 saturated carbocycles. The molecule has 0 spiro atoms. The van der Waals surface area contributed by atoms with Gasteiger partial charge in [0.15, 0.2) is 5.76 Å². The van der Waals surface area contributed by atoms with Gasteiger partial charge in [-0.2, -0.15) is 0 Å². The molecule has 4 heteroatoms. The summed E-state index contributed by atoms with van der Waals surface area (Å²) in [6, 6.07) is 13.8. The standard InChI is InChI=1S/C18H17ClN2O/c1-12-6-7-16(8-13(12)2)20-11-18-21-10-17(22-18)14-4-3-5-15(19)9-14/h3-10,20H,11H2,1-2H3. The average molecular weight is 313 g/mol. The Balaban J connectivity index is 1.70. The lowest BCUT2D eigenvalue weighted by atomic mass is 10.1. The van der Waals surface area contributed by atoms with Crippen LogP contribution in [0.2, 0.25) is 5.02 Å². The van der Waals surface area contributed by atoms with Crippen LogP contribution in [0.3, 0.4) is 0 Å². The second-order valence-corrected chi connectivity index (χ2v) is 5.72. The van der Waals surface area contributed by atoms with Crippen LogP contribution in [0.15, 0.2) is 53.1 Å². The Labute approximate surface area is 135 Å². The smallest absolute Gasteiger partial charge is 0.214 e. The number of benzene rings is 2. The Hall–Kier alpha value is -2.26. The lowest BCUT2D eigenvalue weighted by Crippen LogP contribution is -1.99. The van der Waals surface area contributed by atoms with Crippen LogP contribution in [0.5, 0.6) is 0 Å². The van der Waals surface area contributed by atoms with Crippen molar-refractivity contribution in [1.82, 2.24) is 4.98 Å². The molecule has 3 rings (SSSR count). The summed E-state index contributed by atoms with van der Waals surface area (Å²) < 4.78 is 5.77. The van der Waals surface area contributed by atoms with Crippen molar-refractivity contribution < 1.29 is 4.42 Å². The van der Waals surface area contributed by atoms with Gasteiger partial charge < -0.3 is 9.73 Å². The maximum Gasteiger partial charge on any atom is 0.214 e. The summed E-state index contributed by atoms with van der Waals surface area (Å²) in [5.74, 6) is 1.37. The monoisotopic (exact) mass is 312 g/mol. The van der Waals surface area contributed by atoms with E-state index in [-0.39, 0.29) is 0 Å². The molecule has 0 aliphatic heterocycles. The summed E-state index contributed by atoms with van der Waals surface area (Å²) in [6.45, 7) is 4.75. The SMILES string of the molecule is Cc1ccc(NCc2ncc(-c3cccc(Cl)c3)o2)cc1C. The molecule has 22 heavy (non-hydrogen) atoms. The van der Waals surface area contributed by atoms with Crippen LogP contribution in [0.1, 0.15) is 17.0 Å². The van der Waals surface area contributed by atoms with Gasteiger partial charge >= 0.3 is 0 Å². The zero-order chi connectivity index (χ0) is 15.5. The molecule has 3 nitrogen and oxygen atoms in total. The lowest BCUT2D eigenvalue weighted by molar-refractivity contribution is 0.516. The van der Waals surface area contributed by atoms with Crippen molar-refractivity contribution in [2.75, 3.05) is 5.32 Å². The molecular formula is C18H17ClN2O. The minimum atomic E-state index is 0.545. The second-order valence-electron chi connectivity index (χ2n) is 5.28. The minimum absolute atomic E-state index is 0.545. The topological polar surface area (TPSA) is 38.1 Å². The number of hydrogen-bond donors (Lipinski definition) is 1. The molecule has 112 valence electrons. The predicted octanol–water partition coefficient (Wildman–Crippen LogP) is 5.22. The number of nitrogens with one attached hydrogen (secondary N) is 1. The third-order valence-electron chi connectivity index (χ3n) is 3.61. The van der Waals surface area contributed by atoms with E-state index in [2.05, 4.69) is 42.3 Å². The first-order valence-corrected chi connectivity index (χ1v) is 7.51. The fourth-order valence-electron chi connectivity index (χ4n) is 2.20. The molecule has 0 aliphatic rings. The van der Waals surface area contributed by atoms with Gasteiger partial charge in [0.25, 0.3) is 0 Å². The van der Waals surface area contributed by atoms with Crippen LogP contribution in [-0.4, -0.2) is 4.98 Å². The molecule has 0 amide bonds. The van der Waals surface area contributed by atoms with Gasteiger partial charge in [0.05, 0.1) is 12.7 Å². The van der Waals surface area contributed by atoms with E-state index >= 15 is 0 Å². The van der Waals surface area contributed by atoms with Gasteiger partial charge in [-0.1, -0.05) is 29.8 Å². The molecule has 0 radical (unpaired) electrons. The number of hydrogen-bond acceptors (Lipinski definition) is 3.